The molecule has 148 valence electrons. The van der Waals surface area contributed by atoms with Crippen LogP contribution < -0.4 is 10.1 Å². The molecule has 9 heteroatoms. The Labute approximate surface area is 170 Å². The number of carboxylic acids is 1. The van der Waals surface area contributed by atoms with Gasteiger partial charge in [-0.05, 0) is 47.7 Å². The highest BCUT2D eigenvalue weighted by Gasteiger charge is 2.24. The lowest BCUT2D eigenvalue weighted by Gasteiger charge is -2.03. The zero-order chi connectivity index (χ0) is 20.8. The van der Waals surface area contributed by atoms with Crippen molar-refractivity contribution < 1.29 is 29.0 Å². The number of ether oxygens (including phenoxy) is 2. The molecule has 1 aliphatic rings. The number of amidine groups is 1. The van der Waals surface area contributed by atoms with Gasteiger partial charge in [-0.15, -0.1) is 0 Å². The first-order chi connectivity index (χ1) is 14.0. The number of esters is 1. The minimum atomic E-state index is -1.06. The average molecular weight is 412 g/mol. The van der Waals surface area contributed by atoms with Crippen molar-refractivity contribution >= 4 is 46.5 Å². The van der Waals surface area contributed by atoms with E-state index in [1.807, 2.05) is 0 Å². The number of para-hydroxylation sites is 1. The minimum Gasteiger partial charge on any atom is -0.482 e. The number of amides is 1. The number of thioether (sulfide) groups is 1. The Kier molecular flexibility index (Phi) is 6.30. The Morgan fingerprint density at radius 1 is 1.17 bits per heavy atom. The van der Waals surface area contributed by atoms with Gasteiger partial charge in [0.2, 0.25) is 0 Å². The molecule has 1 fully saturated rings. The van der Waals surface area contributed by atoms with E-state index in [1.54, 1.807) is 54.6 Å². The van der Waals surface area contributed by atoms with E-state index in [4.69, 9.17) is 14.6 Å². The van der Waals surface area contributed by atoms with Crippen LogP contribution in [0.15, 0.2) is 58.4 Å². The number of aliphatic imine (C=N–C) groups is 1. The first-order valence-electron chi connectivity index (χ1n) is 8.38. The molecule has 1 amide bonds. The molecule has 0 unspecified atom stereocenters. The van der Waals surface area contributed by atoms with Crippen molar-refractivity contribution in [1.82, 2.24) is 5.32 Å². The molecule has 2 aromatic rings. The second-order valence-corrected chi connectivity index (χ2v) is 6.77. The zero-order valence-electron chi connectivity index (χ0n) is 15.2. The number of hydrogen-bond acceptors (Lipinski definition) is 7. The van der Waals surface area contributed by atoms with Gasteiger partial charge < -0.3 is 19.9 Å². The van der Waals surface area contributed by atoms with Gasteiger partial charge in [0.15, 0.2) is 11.8 Å². The highest BCUT2D eigenvalue weighted by Crippen LogP contribution is 2.29. The van der Waals surface area contributed by atoms with Crippen LogP contribution in [0.5, 0.6) is 5.75 Å². The smallest absolute Gasteiger partial charge is 0.341 e. The third-order valence-electron chi connectivity index (χ3n) is 3.72. The van der Waals surface area contributed by atoms with E-state index in [2.05, 4.69) is 10.3 Å². The lowest BCUT2D eigenvalue weighted by molar-refractivity contribution is -0.139. The van der Waals surface area contributed by atoms with Gasteiger partial charge in [-0.1, -0.05) is 24.3 Å². The second kappa shape index (κ2) is 9.07. The van der Waals surface area contributed by atoms with Crippen molar-refractivity contribution in [1.29, 1.82) is 0 Å². The number of carbonyl (C=O) groups excluding carboxylic acids is 2. The van der Waals surface area contributed by atoms with Crippen LogP contribution in [0.4, 0.5) is 5.69 Å². The van der Waals surface area contributed by atoms with Gasteiger partial charge in [0, 0.05) is 0 Å². The third kappa shape index (κ3) is 5.23. The molecule has 0 aromatic heterocycles. The maximum atomic E-state index is 12.2. The number of rotatable bonds is 6. The lowest BCUT2D eigenvalue weighted by Crippen LogP contribution is -2.19. The van der Waals surface area contributed by atoms with Crippen molar-refractivity contribution in [3.05, 3.63) is 64.6 Å². The molecule has 3 rings (SSSR count). The molecule has 0 radical (unpaired) electrons. The molecule has 0 atom stereocenters. The van der Waals surface area contributed by atoms with Crippen LogP contribution in [-0.2, 0) is 14.3 Å². The fraction of sp³-hybridized carbons (Fsp3) is 0.100. The van der Waals surface area contributed by atoms with Gasteiger partial charge in [0.05, 0.1) is 23.3 Å². The van der Waals surface area contributed by atoms with Crippen LogP contribution in [0.2, 0.25) is 0 Å². The summed E-state index contributed by atoms with van der Waals surface area (Å²) in [6.45, 7) is -0.425. The number of carbonyl (C=O) groups is 3. The van der Waals surface area contributed by atoms with E-state index in [-0.39, 0.29) is 5.91 Å². The van der Waals surface area contributed by atoms with Crippen LogP contribution in [0.3, 0.4) is 0 Å². The molecule has 2 N–H and O–H groups in total. The molecule has 2 aromatic carbocycles. The molecular formula is C20H16N2O6S. The summed E-state index contributed by atoms with van der Waals surface area (Å²) in [6, 6.07) is 13.3. The van der Waals surface area contributed by atoms with Crippen LogP contribution in [-0.4, -0.2) is 41.8 Å². The van der Waals surface area contributed by atoms with E-state index in [0.717, 1.165) is 17.3 Å². The van der Waals surface area contributed by atoms with Gasteiger partial charge in [0.1, 0.15) is 5.75 Å². The number of hydrogen-bond donors (Lipinski definition) is 2. The van der Waals surface area contributed by atoms with Gasteiger partial charge in [-0.25, -0.2) is 14.6 Å². The fourth-order valence-electron chi connectivity index (χ4n) is 2.40. The highest BCUT2D eigenvalue weighted by atomic mass is 32.2. The fourth-order valence-corrected chi connectivity index (χ4v) is 3.24. The Hall–Kier alpha value is -3.59. The highest BCUT2D eigenvalue weighted by molar-refractivity contribution is 8.18. The van der Waals surface area contributed by atoms with E-state index < -0.39 is 18.5 Å². The van der Waals surface area contributed by atoms with Crippen LogP contribution >= 0.6 is 11.8 Å². The summed E-state index contributed by atoms with van der Waals surface area (Å²) in [5, 5.41) is 11.6. The van der Waals surface area contributed by atoms with Crippen molar-refractivity contribution in [3.8, 4) is 5.75 Å². The Morgan fingerprint density at radius 3 is 2.59 bits per heavy atom. The molecule has 0 bridgehead atoms. The normalized spacial score (nSPS) is 16.0. The molecule has 0 saturated carbocycles. The maximum absolute atomic E-state index is 12.2. The number of nitrogens with one attached hydrogen (secondary N) is 1. The summed E-state index contributed by atoms with van der Waals surface area (Å²) in [6.07, 6.45) is 1.68. The lowest BCUT2D eigenvalue weighted by atomic mass is 10.2. The Bertz CT molecular complexity index is 1010. The monoisotopic (exact) mass is 412 g/mol. The first-order valence-corrected chi connectivity index (χ1v) is 9.19. The largest absolute Gasteiger partial charge is 0.482 e. The summed E-state index contributed by atoms with van der Waals surface area (Å²) in [7, 11) is 1.29. The third-order valence-corrected chi connectivity index (χ3v) is 4.63. The number of benzene rings is 2. The van der Waals surface area contributed by atoms with Gasteiger partial charge in [-0.2, -0.15) is 0 Å². The predicted octanol–water partition coefficient (Wildman–Crippen LogP) is 2.83. The maximum Gasteiger partial charge on any atom is 0.341 e. The summed E-state index contributed by atoms with van der Waals surface area (Å²) < 4.78 is 9.82. The summed E-state index contributed by atoms with van der Waals surface area (Å²) >= 11 is 1.14. The van der Waals surface area contributed by atoms with E-state index in [0.29, 0.717) is 27.1 Å². The van der Waals surface area contributed by atoms with E-state index >= 15 is 0 Å². The van der Waals surface area contributed by atoms with E-state index in [9.17, 15) is 14.4 Å². The molecule has 8 nitrogen and oxygen atoms in total. The van der Waals surface area contributed by atoms with Crippen molar-refractivity contribution in [2.24, 2.45) is 4.99 Å². The van der Waals surface area contributed by atoms with Crippen molar-refractivity contribution in [2.45, 2.75) is 0 Å². The van der Waals surface area contributed by atoms with Gasteiger partial charge >= 0.3 is 11.9 Å². The first kappa shape index (κ1) is 20.2. The molecule has 0 aliphatic carbocycles. The number of aliphatic carboxylic acids is 1. The summed E-state index contributed by atoms with van der Waals surface area (Å²) in [4.78, 5) is 39.4. The Morgan fingerprint density at radius 2 is 1.90 bits per heavy atom. The molecule has 1 heterocycles. The van der Waals surface area contributed by atoms with Crippen LogP contribution in [0.1, 0.15) is 15.9 Å². The number of nitrogens with zero attached hydrogens (tertiary/aromatic N) is 1. The molecule has 1 aliphatic heterocycles. The minimum absolute atomic E-state index is 0.298. The molecule has 1 saturated heterocycles. The molecule has 0 spiro atoms. The number of methoxy groups -OCH3 is 1. The Balaban J connectivity index is 1.76. The summed E-state index contributed by atoms with van der Waals surface area (Å²) in [5.41, 5.74) is 1.43. The van der Waals surface area contributed by atoms with E-state index in [1.165, 1.54) is 7.11 Å². The SMILES string of the molecule is COC(=O)c1ccccc1N=C1NC(=O)/C(=C\c2ccc(OCC(=O)O)cc2)S1. The standard InChI is InChI=1S/C20H16N2O6S/c1-27-19(26)14-4-2-3-5-15(14)21-20-22-18(25)16(29-20)10-12-6-8-13(9-7-12)28-11-17(23)24/h2-10H,11H2,1H3,(H,23,24)(H,21,22,25)/b16-10+. The number of carboxylic acid groups (broad SMARTS) is 1. The van der Waals surface area contributed by atoms with Gasteiger partial charge in [-0.3, -0.25) is 4.79 Å². The predicted molar refractivity (Wildman–Crippen MR) is 108 cm³/mol. The topological polar surface area (TPSA) is 114 Å². The molecule has 29 heavy (non-hydrogen) atoms. The van der Waals surface area contributed by atoms with Crippen LogP contribution in [0, 0.1) is 0 Å². The van der Waals surface area contributed by atoms with Gasteiger partial charge in [0.25, 0.3) is 5.91 Å². The summed E-state index contributed by atoms with van der Waals surface area (Å²) in [5.74, 6) is -1.47. The van der Waals surface area contributed by atoms with Crippen molar-refractivity contribution in [2.75, 3.05) is 13.7 Å². The second-order valence-electron chi connectivity index (χ2n) is 5.74. The van der Waals surface area contributed by atoms with Crippen LogP contribution in [0.25, 0.3) is 6.08 Å². The average Bonchev–Trinajstić information content (AvgIpc) is 3.06. The quantitative estimate of drug-likeness (QED) is 0.554. The zero-order valence-corrected chi connectivity index (χ0v) is 16.1. The van der Waals surface area contributed by atoms with Crippen molar-refractivity contribution in [3.63, 3.8) is 0 Å². The molecular weight excluding hydrogens is 396 g/mol.